The Morgan fingerprint density at radius 2 is 1.92 bits per heavy atom. The van der Waals surface area contributed by atoms with Crippen LogP contribution in [0.25, 0.3) is 0 Å². The lowest BCUT2D eigenvalue weighted by molar-refractivity contribution is -0.138. The van der Waals surface area contributed by atoms with E-state index < -0.39 is 11.9 Å². The number of rotatable bonds is 6. The van der Waals surface area contributed by atoms with Gasteiger partial charge in [-0.3, -0.25) is 4.79 Å². The summed E-state index contributed by atoms with van der Waals surface area (Å²) in [4.78, 5) is 27.0. The molecule has 3 aliphatic rings. The summed E-state index contributed by atoms with van der Waals surface area (Å²) < 4.78 is 21.7. The number of esters is 1. The summed E-state index contributed by atoms with van der Waals surface area (Å²) in [6.07, 6.45) is 2.42. The molecule has 0 bridgehead atoms. The summed E-state index contributed by atoms with van der Waals surface area (Å²) in [7, 11) is 1.62. The minimum Gasteiger partial charge on any atom is -0.497 e. The van der Waals surface area contributed by atoms with Gasteiger partial charge in [0.25, 0.3) is 0 Å². The second-order valence-electron chi connectivity index (χ2n) is 8.90. The molecule has 36 heavy (non-hydrogen) atoms. The molecule has 2 aromatic rings. The number of benzene rings is 2. The van der Waals surface area contributed by atoms with Gasteiger partial charge in [-0.2, -0.15) is 0 Å². The number of allylic oxidation sites excluding steroid dienone is 3. The van der Waals surface area contributed by atoms with E-state index in [4.69, 9.17) is 30.5 Å². The molecule has 0 spiro atoms. The van der Waals surface area contributed by atoms with E-state index in [0.717, 1.165) is 17.0 Å². The molecule has 7 nitrogen and oxygen atoms in total. The van der Waals surface area contributed by atoms with Crippen molar-refractivity contribution in [1.29, 1.82) is 0 Å². The molecule has 186 valence electrons. The van der Waals surface area contributed by atoms with Crippen molar-refractivity contribution < 1.29 is 28.5 Å². The fourth-order valence-corrected chi connectivity index (χ4v) is 5.36. The molecule has 0 unspecified atom stereocenters. The van der Waals surface area contributed by atoms with Crippen molar-refractivity contribution in [3.63, 3.8) is 0 Å². The second kappa shape index (κ2) is 9.74. The smallest absolute Gasteiger partial charge is 0.337 e. The Kier molecular flexibility index (Phi) is 6.49. The van der Waals surface area contributed by atoms with Gasteiger partial charge in [0.15, 0.2) is 17.3 Å². The van der Waals surface area contributed by atoms with Gasteiger partial charge in [0.2, 0.25) is 6.79 Å². The van der Waals surface area contributed by atoms with Crippen LogP contribution in [0.1, 0.15) is 42.7 Å². The maximum Gasteiger partial charge on any atom is 0.337 e. The van der Waals surface area contributed by atoms with Crippen LogP contribution in [0.3, 0.4) is 0 Å². The third-order valence-corrected chi connectivity index (χ3v) is 7.10. The first kappa shape index (κ1) is 24.0. The molecule has 0 fully saturated rings. The molecule has 8 heteroatoms. The average Bonchev–Trinajstić information content (AvgIpc) is 3.33. The molecule has 0 saturated heterocycles. The normalized spacial score (nSPS) is 20.6. The first-order chi connectivity index (χ1) is 17.4. The molecule has 0 saturated carbocycles. The fraction of sp³-hybridized carbons (Fsp3) is 0.286. The SMILES string of the molecule is C=CCOC(=O)C1=C(C)NC2=C(C(=O)C[C@@H](c3ccc(OC)cc3)C2)[C@H]1c1cc2c(cc1Cl)OCO2. The Morgan fingerprint density at radius 3 is 2.61 bits per heavy atom. The standard InChI is InChI=1S/C28H26ClNO6/c1-4-9-34-28(32)25-15(2)30-21-10-17(16-5-7-18(33-3)8-6-16)11-22(31)27(21)26(25)19-12-23-24(13-20(19)29)36-14-35-23/h4-8,12-13,17,26,30H,1,9-11,14H2,2-3H3/t17-,26-/m0/s1. The first-order valence-corrected chi connectivity index (χ1v) is 12.0. The van der Waals surface area contributed by atoms with Gasteiger partial charge in [-0.1, -0.05) is 36.4 Å². The lowest BCUT2D eigenvalue weighted by Gasteiger charge is -2.37. The van der Waals surface area contributed by atoms with Crippen LogP contribution in [0.5, 0.6) is 17.2 Å². The average molecular weight is 508 g/mol. The first-order valence-electron chi connectivity index (χ1n) is 11.7. The van der Waals surface area contributed by atoms with Crippen molar-refractivity contribution >= 4 is 23.4 Å². The van der Waals surface area contributed by atoms with Gasteiger partial charge in [-0.25, -0.2) is 4.79 Å². The summed E-state index contributed by atoms with van der Waals surface area (Å²) >= 11 is 6.70. The zero-order valence-electron chi connectivity index (χ0n) is 20.1. The minimum absolute atomic E-state index is 0.00963. The van der Waals surface area contributed by atoms with Crippen LogP contribution >= 0.6 is 11.6 Å². The fourth-order valence-electron chi connectivity index (χ4n) is 5.10. The van der Waals surface area contributed by atoms with Crippen LogP contribution in [0.2, 0.25) is 5.02 Å². The minimum atomic E-state index is -0.704. The highest BCUT2D eigenvalue weighted by Gasteiger charge is 2.42. The van der Waals surface area contributed by atoms with Gasteiger partial charge in [0.05, 0.1) is 12.7 Å². The van der Waals surface area contributed by atoms with E-state index in [-0.39, 0.29) is 25.1 Å². The summed E-state index contributed by atoms with van der Waals surface area (Å²) in [5.74, 6) is 0.508. The Labute approximate surface area is 214 Å². The monoisotopic (exact) mass is 507 g/mol. The molecule has 1 aliphatic carbocycles. The highest BCUT2D eigenvalue weighted by molar-refractivity contribution is 6.32. The number of methoxy groups -OCH3 is 1. The largest absolute Gasteiger partial charge is 0.497 e. The van der Waals surface area contributed by atoms with Gasteiger partial charge in [0, 0.05) is 40.4 Å². The van der Waals surface area contributed by atoms with Crippen LogP contribution < -0.4 is 19.5 Å². The van der Waals surface area contributed by atoms with Crippen LogP contribution in [-0.2, 0) is 14.3 Å². The number of hydrogen-bond acceptors (Lipinski definition) is 7. The summed E-state index contributed by atoms with van der Waals surface area (Å²) in [6, 6.07) is 11.2. The lowest BCUT2D eigenvalue weighted by Crippen LogP contribution is -2.36. The third kappa shape index (κ3) is 4.24. The number of fused-ring (bicyclic) bond motifs is 1. The van der Waals surface area contributed by atoms with Crippen LogP contribution in [0, 0.1) is 0 Å². The van der Waals surface area contributed by atoms with Crippen molar-refractivity contribution in [2.45, 2.75) is 31.6 Å². The lowest BCUT2D eigenvalue weighted by atomic mass is 9.71. The molecule has 2 aliphatic heterocycles. The summed E-state index contributed by atoms with van der Waals surface area (Å²) in [6.45, 7) is 5.57. The topological polar surface area (TPSA) is 83.1 Å². The van der Waals surface area contributed by atoms with Crippen molar-refractivity contribution in [3.8, 4) is 17.2 Å². The number of ketones is 1. The molecule has 2 atom stereocenters. The number of carbonyl (C=O) groups is 2. The third-order valence-electron chi connectivity index (χ3n) is 6.77. The molecule has 5 rings (SSSR count). The maximum atomic E-state index is 13.7. The van der Waals surface area contributed by atoms with Gasteiger partial charge < -0.3 is 24.3 Å². The van der Waals surface area contributed by atoms with E-state index in [1.807, 2.05) is 31.2 Å². The van der Waals surface area contributed by atoms with Crippen LogP contribution in [0.4, 0.5) is 0 Å². The molecule has 2 aromatic carbocycles. The Balaban J connectivity index is 1.59. The van der Waals surface area contributed by atoms with E-state index in [0.29, 0.717) is 51.8 Å². The Bertz CT molecular complexity index is 1310. The van der Waals surface area contributed by atoms with Crippen LogP contribution in [0.15, 0.2) is 71.6 Å². The van der Waals surface area contributed by atoms with Crippen molar-refractivity contribution in [3.05, 3.63) is 87.7 Å². The Hall–Kier alpha value is -3.71. The van der Waals surface area contributed by atoms with Crippen molar-refractivity contribution in [1.82, 2.24) is 5.32 Å². The molecule has 2 heterocycles. The number of hydrogen-bond donors (Lipinski definition) is 1. The van der Waals surface area contributed by atoms with Crippen LogP contribution in [-0.4, -0.2) is 32.3 Å². The van der Waals surface area contributed by atoms with Gasteiger partial charge in [-0.15, -0.1) is 0 Å². The van der Waals surface area contributed by atoms with E-state index in [9.17, 15) is 9.59 Å². The summed E-state index contributed by atoms with van der Waals surface area (Å²) in [5.41, 5.74) is 3.90. The number of halogens is 1. The van der Waals surface area contributed by atoms with Gasteiger partial charge in [0.1, 0.15) is 12.4 Å². The predicted octanol–water partition coefficient (Wildman–Crippen LogP) is 5.17. The molecule has 0 amide bonds. The Morgan fingerprint density at radius 1 is 1.19 bits per heavy atom. The van der Waals surface area contributed by atoms with E-state index in [1.165, 1.54) is 6.08 Å². The predicted molar refractivity (Wildman–Crippen MR) is 134 cm³/mol. The number of carbonyl (C=O) groups excluding carboxylic acids is 2. The van der Waals surface area contributed by atoms with Crippen molar-refractivity contribution in [2.24, 2.45) is 0 Å². The summed E-state index contributed by atoms with van der Waals surface area (Å²) in [5, 5.41) is 3.72. The number of dihydropyridines is 1. The van der Waals surface area contributed by atoms with E-state index >= 15 is 0 Å². The number of Topliss-reactive ketones (excluding diaryl/α,β-unsaturated/α-hetero) is 1. The molecule has 0 radical (unpaired) electrons. The molecular weight excluding hydrogens is 482 g/mol. The maximum absolute atomic E-state index is 13.7. The number of ether oxygens (including phenoxy) is 4. The zero-order chi connectivity index (χ0) is 25.4. The molecule has 1 N–H and O–H groups in total. The molecule has 0 aromatic heterocycles. The highest BCUT2D eigenvalue weighted by Crippen LogP contribution is 2.49. The van der Waals surface area contributed by atoms with Gasteiger partial charge in [-0.05, 0) is 48.6 Å². The van der Waals surface area contributed by atoms with Gasteiger partial charge >= 0.3 is 5.97 Å². The molecular formula is C28H26ClNO6. The van der Waals surface area contributed by atoms with Crippen molar-refractivity contribution in [2.75, 3.05) is 20.5 Å². The zero-order valence-corrected chi connectivity index (χ0v) is 20.8. The number of nitrogens with one attached hydrogen (secondary N) is 1. The van der Waals surface area contributed by atoms with E-state index in [2.05, 4.69) is 11.9 Å². The highest BCUT2D eigenvalue weighted by atomic mass is 35.5. The quantitative estimate of drug-likeness (QED) is 0.426. The van der Waals surface area contributed by atoms with E-state index in [1.54, 1.807) is 19.2 Å². The second-order valence-corrected chi connectivity index (χ2v) is 9.31.